The molecule has 1 aliphatic rings. The molecule has 172 valence electrons. The number of nitrogens with zero attached hydrogens (tertiary/aromatic N) is 1. The number of aromatic amines is 1. The van der Waals surface area contributed by atoms with E-state index in [2.05, 4.69) is 4.98 Å². The molecule has 0 saturated heterocycles. The summed E-state index contributed by atoms with van der Waals surface area (Å²) in [7, 11) is 1.64. The molecule has 4 aromatic rings. The predicted octanol–water partition coefficient (Wildman–Crippen LogP) is 6.53. The van der Waals surface area contributed by atoms with Crippen LogP contribution in [0.25, 0.3) is 16.5 Å². The topological polar surface area (TPSA) is 56.3 Å². The molecular formula is C27H21Cl3N2O2. The highest BCUT2D eigenvalue weighted by Gasteiger charge is 2.49. The Morgan fingerprint density at radius 2 is 1.47 bits per heavy atom. The molecule has 2 heterocycles. The normalized spacial score (nSPS) is 18.4. The van der Waals surface area contributed by atoms with Crippen LogP contribution in [0.3, 0.4) is 0 Å². The van der Waals surface area contributed by atoms with E-state index in [0.29, 0.717) is 32.6 Å². The summed E-state index contributed by atoms with van der Waals surface area (Å²) < 4.78 is 0. The summed E-state index contributed by atoms with van der Waals surface area (Å²) in [6, 6.07) is 20.2. The van der Waals surface area contributed by atoms with E-state index in [4.69, 9.17) is 34.8 Å². The van der Waals surface area contributed by atoms with Crippen LogP contribution in [-0.4, -0.2) is 33.7 Å². The standard InChI is InChI=1S/C27H21Cl3N2O2/c1-32-26(33)22(12-16-2-6-18(28)7-3-16)25(23-15-31-24-13-20(30)10-11-21(23)24)27(32,34)14-17-4-8-19(29)9-5-17/h2-11,13,15,31,34H,12,14H2,1H3/t27-/m1/s1. The van der Waals surface area contributed by atoms with Gasteiger partial charge in [-0.25, -0.2) is 0 Å². The fraction of sp³-hybridized carbons (Fsp3) is 0.148. The highest BCUT2D eigenvalue weighted by atomic mass is 35.5. The molecule has 0 unspecified atom stereocenters. The second-order valence-electron chi connectivity index (χ2n) is 8.53. The Hall–Kier alpha value is -2.76. The number of fused-ring (bicyclic) bond motifs is 1. The molecule has 1 aromatic heterocycles. The molecule has 5 rings (SSSR count). The molecule has 0 bridgehead atoms. The van der Waals surface area contributed by atoms with Crippen molar-refractivity contribution >= 4 is 57.2 Å². The number of hydrogen-bond acceptors (Lipinski definition) is 2. The van der Waals surface area contributed by atoms with Gasteiger partial charge in [-0.15, -0.1) is 0 Å². The number of rotatable bonds is 5. The molecule has 7 heteroatoms. The van der Waals surface area contributed by atoms with Crippen molar-refractivity contribution in [3.05, 3.63) is 110 Å². The van der Waals surface area contributed by atoms with Crippen molar-refractivity contribution in [1.82, 2.24) is 9.88 Å². The number of hydrogen-bond donors (Lipinski definition) is 2. The smallest absolute Gasteiger partial charge is 0.252 e. The van der Waals surface area contributed by atoms with Crippen LogP contribution in [0.1, 0.15) is 16.7 Å². The first-order valence-electron chi connectivity index (χ1n) is 10.8. The molecule has 4 nitrogen and oxygen atoms in total. The van der Waals surface area contributed by atoms with Crippen molar-refractivity contribution in [3.8, 4) is 0 Å². The highest BCUT2D eigenvalue weighted by molar-refractivity contribution is 6.31. The van der Waals surface area contributed by atoms with Crippen LogP contribution in [0.2, 0.25) is 15.1 Å². The van der Waals surface area contributed by atoms with E-state index in [9.17, 15) is 9.90 Å². The monoisotopic (exact) mass is 510 g/mol. The zero-order valence-electron chi connectivity index (χ0n) is 18.3. The first kappa shape index (κ1) is 23.0. The quantitative estimate of drug-likeness (QED) is 0.320. The highest BCUT2D eigenvalue weighted by Crippen LogP contribution is 2.45. The lowest BCUT2D eigenvalue weighted by atomic mass is 9.87. The number of carbonyl (C=O) groups excluding carboxylic acids is 1. The number of benzene rings is 3. The summed E-state index contributed by atoms with van der Waals surface area (Å²) in [5.74, 6) is -0.218. The fourth-order valence-corrected chi connectivity index (χ4v) is 5.06. The maximum atomic E-state index is 13.6. The molecule has 1 amide bonds. The zero-order chi connectivity index (χ0) is 24.0. The van der Waals surface area contributed by atoms with E-state index >= 15 is 0 Å². The number of likely N-dealkylation sites (N-methyl/N-ethyl adjacent to an activating group) is 1. The Morgan fingerprint density at radius 3 is 2.12 bits per heavy atom. The summed E-state index contributed by atoms with van der Waals surface area (Å²) in [6.07, 6.45) is 2.41. The fourth-order valence-electron chi connectivity index (χ4n) is 4.63. The molecule has 0 aliphatic carbocycles. The van der Waals surface area contributed by atoms with Gasteiger partial charge in [0.05, 0.1) is 0 Å². The van der Waals surface area contributed by atoms with Gasteiger partial charge in [0.15, 0.2) is 5.72 Å². The van der Waals surface area contributed by atoms with E-state index < -0.39 is 5.72 Å². The molecule has 0 fully saturated rings. The third kappa shape index (κ3) is 4.01. The minimum absolute atomic E-state index is 0.214. The average molecular weight is 512 g/mol. The first-order valence-corrected chi connectivity index (χ1v) is 11.9. The molecule has 0 saturated carbocycles. The Bertz CT molecular complexity index is 1420. The summed E-state index contributed by atoms with van der Waals surface area (Å²) >= 11 is 18.3. The second kappa shape index (κ2) is 8.79. The number of H-pyrrole nitrogens is 1. The predicted molar refractivity (Wildman–Crippen MR) is 138 cm³/mol. The second-order valence-corrected chi connectivity index (χ2v) is 9.84. The molecule has 1 aliphatic heterocycles. The lowest BCUT2D eigenvalue weighted by Gasteiger charge is -2.34. The van der Waals surface area contributed by atoms with E-state index in [1.165, 1.54) is 4.90 Å². The summed E-state index contributed by atoms with van der Waals surface area (Å²) in [5.41, 5.74) is 2.95. The van der Waals surface area contributed by atoms with Crippen LogP contribution in [0.5, 0.6) is 0 Å². The minimum atomic E-state index is -1.55. The van der Waals surface area contributed by atoms with Gasteiger partial charge in [0.2, 0.25) is 0 Å². The van der Waals surface area contributed by atoms with Crippen molar-refractivity contribution in [2.45, 2.75) is 18.6 Å². The van der Waals surface area contributed by atoms with Gasteiger partial charge in [-0.2, -0.15) is 0 Å². The van der Waals surface area contributed by atoms with Gasteiger partial charge in [-0.1, -0.05) is 65.1 Å². The van der Waals surface area contributed by atoms with Crippen molar-refractivity contribution in [1.29, 1.82) is 0 Å². The van der Waals surface area contributed by atoms with Gasteiger partial charge in [0, 0.05) is 68.8 Å². The zero-order valence-corrected chi connectivity index (χ0v) is 20.5. The molecule has 34 heavy (non-hydrogen) atoms. The summed E-state index contributed by atoms with van der Waals surface area (Å²) in [4.78, 5) is 18.2. The van der Waals surface area contributed by atoms with Crippen LogP contribution in [0.15, 0.2) is 78.5 Å². The largest absolute Gasteiger partial charge is 0.366 e. The first-order chi connectivity index (χ1) is 16.3. The van der Waals surface area contributed by atoms with Crippen molar-refractivity contribution in [2.75, 3.05) is 7.05 Å². The van der Waals surface area contributed by atoms with Crippen molar-refractivity contribution in [3.63, 3.8) is 0 Å². The van der Waals surface area contributed by atoms with E-state index in [1.807, 2.05) is 42.6 Å². The molecule has 2 N–H and O–H groups in total. The molecule has 1 atom stereocenters. The third-order valence-electron chi connectivity index (χ3n) is 6.39. The maximum Gasteiger partial charge on any atom is 0.252 e. The van der Waals surface area contributed by atoms with Crippen LogP contribution in [0.4, 0.5) is 0 Å². The van der Waals surface area contributed by atoms with Crippen LogP contribution in [0, 0.1) is 0 Å². The van der Waals surface area contributed by atoms with E-state index in [-0.39, 0.29) is 12.3 Å². The van der Waals surface area contributed by atoms with Gasteiger partial charge in [0.25, 0.3) is 5.91 Å². The van der Waals surface area contributed by atoms with Gasteiger partial charge < -0.3 is 15.0 Å². The number of halogens is 3. The van der Waals surface area contributed by atoms with Crippen LogP contribution >= 0.6 is 34.8 Å². The Labute approximate surface area is 212 Å². The average Bonchev–Trinajstić information content (AvgIpc) is 3.29. The van der Waals surface area contributed by atoms with E-state index in [0.717, 1.165) is 27.6 Å². The number of aromatic nitrogens is 1. The number of nitrogens with one attached hydrogen (secondary N) is 1. The lowest BCUT2D eigenvalue weighted by Crippen LogP contribution is -2.47. The van der Waals surface area contributed by atoms with Crippen LogP contribution in [-0.2, 0) is 17.6 Å². The minimum Gasteiger partial charge on any atom is -0.366 e. The van der Waals surface area contributed by atoms with E-state index in [1.54, 1.807) is 37.4 Å². The van der Waals surface area contributed by atoms with Crippen molar-refractivity contribution in [2.24, 2.45) is 0 Å². The Balaban J connectivity index is 1.70. The molecule has 3 aromatic carbocycles. The number of amides is 1. The van der Waals surface area contributed by atoms with Gasteiger partial charge in [0.1, 0.15) is 0 Å². The van der Waals surface area contributed by atoms with Gasteiger partial charge in [-0.05, 0) is 47.5 Å². The van der Waals surface area contributed by atoms with Gasteiger partial charge in [-0.3, -0.25) is 4.79 Å². The lowest BCUT2D eigenvalue weighted by molar-refractivity contribution is -0.137. The summed E-state index contributed by atoms with van der Waals surface area (Å²) in [5, 5.41) is 14.9. The molecule has 0 spiro atoms. The SMILES string of the molecule is CN1C(=O)C(Cc2ccc(Cl)cc2)=C(c2c[nH]c3cc(Cl)ccc23)[C@]1(O)Cc1ccc(Cl)cc1. The van der Waals surface area contributed by atoms with Crippen LogP contribution < -0.4 is 0 Å². The third-order valence-corrected chi connectivity index (χ3v) is 7.13. The number of aliphatic hydroxyl groups is 1. The summed E-state index contributed by atoms with van der Waals surface area (Å²) in [6.45, 7) is 0. The van der Waals surface area contributed by atoms with Crippen molar-refractivity contribution < 1.29 is 9.90 Å². The maximum absolute atomic E-state index is 13.6. The molecule has 0 radical (unpaired) electrons. The van der Waals surface area contributed by atoms with Gasteiger partial charge >= 0.3 is 0 Å². The molecular weight excluding hydrogens is 491 g/mol. The Kier molecular flexibility index (Phi) is 5.95. The Morgan fingerprint density at radius 1 is 0.882 bits per heavy atom. The number of carbonyl (C=O) groups is 1.